The number of nitrogens with zero attached hydrogens (tertiary/aromatic N) is 6. The van der Waals surface area contributed by atoms with Gasteiger partial charge in [-0.2, -0.15) is 0 Å². The lowest BCUT2D eigenvalue weighted by atomic mass is 9.96. The van der Waals surface area contributed by atoms with Crippen LogP contribution in [-0.4, -0.2) is 65.7 Å². The predicted molar refractivity (Wildman–Crippen MR) is 122 cm³/mol. The second-order valence-electron chi connectivity index (χ2n) is 8.65. The number of fused-ring (bicyclic) bond motifs is 1. The minimum atomic E-state index is 0.690. The number of aryl methyl sites for hydroxylation is 1. The Labute approximate surface area is 178 Å². The van der Waals surface area contributed by atoms with Crippen LogP contribution in [0.25, 0.3) is 10.9 Å². The van der Waals surface area contributed by atoms with Crippen molar-refractivity contribution in [1.29, 1.82) is 0 Å². The minimum Gasteiger partial charge on any atom is -0.356 e. The monoisotopic (exact) mass is 402 g/mol. The van der Waals surface area contributed by atoms with E-state index in [0.29, 0.717) is 5.92 Å². The van der Waals surface area contributed by atoms with Crippen molar-refractivity contribution in [3.8, 4) is 0 Å². The summed E-state index contributed by atoms with van der Waals surface area (Å²) >= 11 is 0. The SMILES string of the molecule is Cc1ccc2ncnc(N3CCCC(CN4CCN(c5ccccn5)CC4)C3)c2c1. The van der Waals surface area contributed by atoms with Gasteiger partial charge in [0.2, 0.25) is 0 Å². The highest BCUT2D eigenvalue weighted by Gasteiger charge is 2.26. The maximum absolute atomic E-state index is 4.68. The third-order valence-corrected chi connectivity index (χ3v) is 6.45. The molecule has 5 rings (SSSR count). The molecule has 6 heteroatoms. The van der Waals surface area contributed by atoms with Gasteiger partial charge in [0.1, 0.15) is 18.0 Å². The molecule has 0 saturated carbocycles. The summed E-state index contributed by atoms with van der Waals surface area (Å²) in [6.07, 6.45) is 6.14. The number of hydrogen-bond donors (Lipinski definition) is 0. The van der Waals surface area contributed by atoms with E-state index in [4.69, 9.17) is 0 Å². The van der Waals surface area contributed by atoms with Gasteiger partial charge in [-0.1, -0.05) is 17.7 Å². The molecule has 6 nitrogen and oxygen atoms in total. The van der Waals surface area contributed by atoms with E-state index in [9.17, 15) is 0 Å². The van der Waals surface area contributed by atoms with Crippen molar-refractivity contribution in [3.63, 3.8) is 0 Å². The first-order valence-corrected chi connectivity index (χ1v) is 11.1. The predicted octanol–water partition coefficient (Wildman–Crippen LogP) is 3.37. The van der Waals surface area contributed by atoms with E-state index >= 15 is 0 Å². The largest absolute Gasteiger partial charge is 0.356 e. The van der Waals surface area contributed by atoms with Crippen LogP contribution in [-0.2, 0) is 0 Å². The summed E-state index contributed by atoms with van der Waals surface area (Å²) in [6.45, 7) is 9.83. The first-order chi connectivity index (χ1) is 14.8. The van der Waals surface area contributed by atoms with Gasteiger partial charge in [0.15, 0.2) is 0 Å². The fourth-order valence-electron chi connectivity index (χ4n) is 4.88. The van der Waals surface area contributed by atoms with E-state index in [1.165, 1.54) is 30.3 Å². The van der Waals surface area contributed by atoms with E-state index in [1.807, 2.05) is 12.3 Å². The van der Waals surface area contributed by atoms with Crippen molar-refractivity contribution in [2.24, 2.45) is 5.92 Å². The average molecular weight is 403 g/mol. The highest BCUT2D eigenvalue weighted by molar-refractivity contribution is 5.89. The van der Waals surface area contributed by atoms with E-state index in [2.05, 4.69) is 66.9 Å². The van der Waals surface area contributed by atoms with Crippen molar-refractivity contribution in [3.05, 3.63) is 54.5 Å². The van der Waals surface area contributed by atoms with E-state index < -0.39 is 0 Å². The van der Waals surface area contributed by atoms with Gasteiger partial charge in [-0.3, -0.25) is 4.90 Å². The Hall–Kier alpha value is -2.73. The number of pyridine rings is 1. The zero-order chi connectivity index (χ0) is 20.3. The smallest absolute Gasteiger partial charge is 0.139 e. The maximum Gasteiger partial charge on any atom is 0.139 e. The number of piperidine rings is 1. The summed E-state index contributed by atoms with van der Waals surface area (Å²) < 4.78 is 0. The second-order valence-corrected chi connectivity index (χ2v) is 8.65. The number of hydrogen-bond acceptors (Lipinski definition) is 6. The molecule has 0 radical (unpaired) electrons. The molecule has 4 heterocycles. The standard InChI is InChI=1S/C24H30N6/c1-19-7-8-22-21(15-19)24(27-18-26-22)30-10-4-5-20(17-30)16-28-11-13-29(14-12-28)23-6-2-3-9-25-23/h2-3,6-9,15,18,20H,4-5,10-14,16-17H2,1H3. The Bertz CT molecular complexity index is 983. The van der Waals surface area contributed by atoms with Gasteiger partial charge in [0, 0.05) is 57.4 Å². The molecule has 0 amide bonds. The molecule has 2 aliphatic rings. The van der Waals surface area contributed by atoms with Gasteiger partial charge in [-0.25, -0.2) is 15.0 Å². The van der Waals surface area contributed by atoms with Crippen molar-refractivity contribution >= 4 is 22.5 Å². The van der Waals surface area contributed by atoms with E-state index in [1.54, 1.807) is 6.33 Å². The number of benzene rings is 1. The lowest BCUT2D eigenvalue weighted by Crippen LogP contribution is -2.50. The number of aromatic nitrogens is 3. The van der Waals surface area contributed by atoms with Crippen LogP contribution < -0.4 is 9.80 Å². The van der Waals surface area contributed by atoms with Gasteiger partial charge in [-0.05, 0) is 49.9 Å². The molecule has 3 aromatic rings. The number of piperazine rings is 1. The molecule has 2 saturated heterocycles. The molecule has 0 aliphatic carbocycles. The highest BCUT2D eigenvalue weighted by Crippen LogP contribution is 2.28. The van der Waals surface area contributed by atoms with Gasteiger partial charge >= 0.3 is 0 Å². The maximum atomic E-state index is 4.68. The normalized spacial score (nSPS) is 20.6. The van der Waals surface area contributed by atoms with E-state index in [-0.39, 0.29) is 0 Å². The molecule has 0 spiro atoms. The molecule has 0 N–H and O–H groups in total. The molecular weight excluding hydrogens is 372 g/mol. The second kappa shape index (κ2) is 8.56. The van der Waals surface area contributed by atoms with Crippen molar-refractivity contribution in [2.75, 3.05) is 55.6 Å². The highest BCUT2D eigenvalue weighted by atomic mass is 15.3. The molecular formula is C24H30N6. The van der Waals surface area contributed by atoms with Gasteiger partial charge in [0.25, 0.3) is 0 Å². The molecule has 156 valence electrons. The quantitative estimate of drug-likeness (QED) is 0.667. The lowest BCUT2D eigenvalue weighted by molar-refractivity contribution is 0.205. The summed E-state index contributed by atoms with van der Waals surface area (Å²) in [7, 11) is 0. The van der Waals surface area contributed by atoms with Crippen LogP contribution in [0.15, 0.2) is 48.9 Å². The van der Waals surface area contributed by atoms with Gasteiger partial charge < -0.3 is 9.80 Å². The number of rotatable bonds is 4. The van der Waals surface area contributed by atoms with Gasteiger partial charge in [-0.15, -0.1) is 0 Å². The lowest BCUT2D eigenvalue weighted by Gasteiger charge is -2.40. The van der Waals surface area contributed by atoms with Crippen LogP contribution in [0, 0.1) is 12.8 Å². The Morgan fingerprint density at radius 3 is 2.67 bits per heavy atom. The fraction of sp³-hybridized carbons (Fsp3) is 0.458. The Balaban J connectivity index is 1.22. The topological polar surface area (TPSA) is 48.4 Å². The van der Waals surface area contributed by atoms with Crippen LogP contribution in [0.1, 0.15) is 18.4 Å². The summed E-state index contributed by atoms with van der Waals surface area (Å²) in [4.78, 5) is 21.2. The fourth-order valence-corrected chi connectivity index (χ4v) is 4.88. The first kappa shape index (κ1) is 19.2. The Morgan fingerprint density at radius 2 is 1.83 bits per heavy atom. The van der Waals surface area contributed by atoms with E-state index in [0.717, 1.165) is 56.4 Å². The third kappa shape index (κ3) is 4.10. The van der Waals surface area contributed by atoms with Crippen molar-refractivity contribution < 1.29 is 0 Å². The Morgan fingerprint density at radius 1 is 0.933 bits per heavy atom. The molecule has 0 bridgehead atoms. The van der Waals surface area contributed by atoms with Crippen LogP contribution in [0.5, 0.6) is 0 Å². The molecule has 1 atom stereocenters. The zero-order valence-electron chi connectivity index (χ0n) is 17.7. The molecule has 30 heavy (non-hydrogen) atoms. The van der Waals surface area contributed by atoms with Crippen LogP contribution >= 0.6 is 0 Å². The minimum absolute atomic E-state index is 0.690. The van der Waals surface area contributed by atoms with Gasteiger partial charge in [0.05, 0.1) is 5.52 Å². The first-order valence-electron chi connectivity index (χ1n) is 11.1. The number of anilines is 2. The molecule has 1 unspecified atom stereocenters. The van der Waals surface area contributed by atoms with Crippen LogP contribution in [0.4, 0.5) is 11.6 Å². The summed E-state index contributed by atoms with van der Waals surface area (Å²) in [5, 5.41) is 1.18. The van der Waals surface area contributed by atoms with Crippen LogP contribution in [0.2, 0.25) is 0 Å². The summed E-state index contributed by atoms with van der Waals surface area (Å²) in [5.41, 5.74) is 2.30. The van der Waals surface area contributed by atoms with Crippen molar-refractivity contribution in [1.82, 2.24) is 19.9 Å². The average Bonchev–Trinajstić information content (AvgIpc) is 2.80. The Kier molecular flexibility index (Phi) is 5.49. The third-order valence-electron chi connectivity index (χ3n) is 6.45. The zero-order valence-corrected chi connectivity index (χ0v) is 17.7. The molecule has 1 aromatic carbocycles. The summed E-state index contributed by atoms with van der Waals surface area (Å²) in [5.74, 6) is 2.90. The molecule has 2 fully saturated rings. The summed E-state index contributed by atoms with van der Waals surface area (Å²) in [6, 6.07) is 12.6. The molecule has 2 aliphatic heterocycles. The van der Waals surface area contributed by atoms with Crippen molar-refractivity contribution in [2.45, 2.75) is 19.8 Å². The van der Waals surface area contributed by atoms with Crippen LogP contribution in [0.3, 0.4) is 0 Å². The molecule has 2 aromatic heterocycles.